The monoisotopic (exact) mass is 357 g/mol. The van der Waals surface area contributed by atoms with Gasteiger partial charge in [-0.1, -0.05) is 34.1 Å². The molecule has 22 heavy (non-hydrogen) atoms. The lowest BCUT2D eigenvalue weighted by Gasteiger charge is -2.07. The molecule has 1 aromatic heterocycles. The number of halogens is 1. The zero-order chi connectivity index (χ0) is 15.5. The van der Waals surface area contributed by atoms with E-state index >= 15 is 0 Å². The van der Waals surface area contributed by atoms with Gasteiger partial charge in [0.05, 0.1) is 17.5 Å². The smallest absolute Gasteiger partial charge is 0.272 e. The van der Waals surface area contributed by atoms with Crippen LogP contribution in [-0.2, 0) is 11.2 Å². The standard InChI is InChI=1S/C16H12BrN3O2/c17-10-5-7-11(8-6-10)18-15(21)9-14-12-3-1-2-4-13(12)16(22)20-19-14/h1-8H,9H2,(H,18,21)(H,20,22). The van der Waals surface area contributed by atoms with Crippen LogP contribution in [-0.4, -0.2) is 16.1 Å². The number of benzene rings is 2. The summed E-state index contributed by atoms with van der Waals surface area (Å²) in [5.41, 5.74) is 0.999. The van der Waals surface area contributed by atoms with Crippen LogP contribution in [0.25, 0.3) is 10.8 Å². The fourth-order valence-corrected chi connectivity index (χ4v) is 2.46. The molecule has 0 aliphatic heterocycles. The van der Waals surface area contributed by atoms with E-state index in [1.165, 1.54) is 0 Å². The van der Waals surface area contributed by atoms with Gasteiger partial charge in [0.25, 0.3) is 5.56 Å². The van der Waals surface area contributed by atoms with Crippen LogP contribution in [0.1, 0.15) is 5.69 Å². The van der Waals surface area contributed by atoms with Crippen LogP contribution in [0.5, 0.6) is 0 Å². The third-order valence-corrected chi connectivity index (χ3v) is 3.76. The number of hydrogen-bond acceptors (Lipinski definition) is 3. The molecule has 0 radical (unpaired) electrons. The van der Waals surface area contributed by atoms with Gasteiger partial charge < -0.3 is 5.32 Å². The van der Waals surface area contributed by atoms with Crippen molar-refractivity contribution in [1.29, 1.82) is 0 Å². The van der Waals surface area contributed by atoms with Crippen molar-refractivity contribution in [2.75, 3.05) is 5.32 Å². The molecule has 0 aliphatic rings. The fourth-order valence-electron chi connectivity index (χ4n) is 2.20. The second-order valence-corrected chi connectivity index (χ2v) is 5.69. The molecule has 110 valence electrons. The van der Waals surface area contributed by atoms with Gasteiger partial charge in [-0.3, -0.25) is 9.59 Å². The van der Waals surface area contributed by atoms with Crippen molar-refractivity contribution in [3.63, 3.8) is 0 Å². The number of aromatic nitrogens is 2. The summed E-state index contributed by atoms with van der Waals surface area (Å²) in [5.74, 6) is -0.188. The summed E-state index contributed by atoms with van der Waals surface area (Å²) in [6.07, 6.45) is 0.0906. The molecule has 0 saturated carbocycles. The molecule has 1 amide bonds. The van der Waals surface area contributed by atoms with Gasteiger partial charge in [-0.2, -0.15) is 5.10 Å². The second-order valence-electron chi connectivity index (χ2n) is 4.78. The maximum Gasteiger partial charge on any atom is 0.272 e. The minimum absolute atomic E-state index is 0.0906. The van der Waals surface area contributed by atoms with Crippen LogP contribution in [0.3, 0.4) is 0 Å². The summed E-state index contributed by atoms with van der Waals surface area (Å²) < 4.78 is 0.943. The first-order chi connectivity index (χ1) is 10.6. The summed E-state index contributed by atoms with van der Waals surface area (Å²) in [7, 11) is 0. The number of H-pyrrole nitrogens is 1. The highest BCUT2D eigenvalue weighted by atomic mass is 79.9. The summed E-state index contributed by atoms with van der Waals surface area (Å²) in [6.45, 7) is 0. The quantitative estimate of drug-likeness (QED) is 0.756. The first-order valence-corrected chi connectivity index (χ1v) is 7.44. The average molecular weight is 358 g/mol. The summed E-state index contributed by atoms with van der Waals surface area (Å²) in [5, 5.41) is 10.5. The van der Waals surface area contributed by atoms with E-state index in [2.05, 4.69) is 31.4 Å². The lowest BCUT2D eigenvalue weighted by Crippen LogP contribution is -2.18. The zero-order valence-corrected chi connectivity index (χ0v) is 13.1. The Kier molecular flexibility index (Phi) is 4.02. The molecule has 0 spiro atoms. The lowest BCUT2D eigenvalue weighted by atomic mass is 10.1. The minimum Gasteiger partial charge on any atom is -0.326 e. The van der Waals surface area contributed by atoms with E-state index in [0.717, 1.165) is 4.47 Å². The van der Waals surface area contributed by atoms with Crippen molar-refractivity contribution in [2.45, 2.75) is 6.42 Å². The Morgan fingerprint density at radius 1 is 1.09 bits per heavy atom. The van der Waals surface area contributed by atoms with Gasteiger partial charge in [-0.25, -0.2) is 5.10 Å². The molecule has 0 aliphatic carbocycles. The van der Waals surface area contributed by atoms with E-state index < -0.39 is 0 Å². The van der Waals surface area contributed by atoms with Gasteiger partial charge in [0.15, 0.2) is 0 Å². The van der Waals surface area contributed by atoms with E-state index in [1.807, 2.05) is 18.2 Å². The number of fused-ring (bicyclic) bond motifs is 1. The maximum absolute atomic E-state index is 12.1. The Bertz CT molecular complexity index is 888. The van der Waals surface area contributed by atoms with Gasteiger partial charge in [0, 0.05) is 15.5 Å². The summed E-state index contributed by atoms with van der Waals surface area (Å²) >= 11 is 3.34. The van der Waals surface area contributed by atoms with E-state index in [1.54, 1.807) is 30.3 Å². The van der Waals surface area contributed by atoms with Crippen molar-refractivity contribution in [3.8, 4) is 0 Å². The number of nitrogens with zero attached hydrogens (tertiary/aromatic N) is 1. The number of carbonyl (C=O) groups is 1. The first-order valence-electron chi connectivity index (χ1n) is 6.65. The van der Waals surface area contributed by atoms with E-state index in [0.29, 0.717) is 22.2 Å². The summed E-state index contributed by atoms with van der Waals surface area (Å²) in [4.78, 5) is 23.9. The normalized spacial score (nSPS) is 10.6. The Morgan fingerprint density at radius 2 is 1.77 bits per heavy atom. The average Bonchev–Trinajstić information content (AvgIpc) is 2.53. The highest BCUT2D eigenvalue weighted by Gasteiger charge is 2.10. The Labute approximate surface area is 134 Å². The van der Waals surface area contributed by atoms with Crippen LogP contribution in [0.2, 0.25) is 0 Å². The van der Waals surface area contributed by atoms with Gasteiger partial charge in [0.1, 0.15) is 0 Å². The van der Waals surface area contributed by atoms with Gasteiger partial charge in [0.2, 0.25) is 5.91 Å². The van der Waals surface area contributed by atoms with E-state index in [9.17, 15) is 9.59 Å². The highest BCUT2D eigenvalue weighted by Crippen LogP contribution is 2.16. The second kappa shape index (κ2) is 6.11. The van der Waals surface area contributed by atoms with Crippen molar-refractivity contribution in [3.05, 3.63) is 69.1 Å². The van der Waals surface area contributed by atoms with Crippen molar-refractivity contribution >= 4 is 38.3 Å². The Hall–Kier alpha value is -2.47. The molecule has 5 nitrogen and oxygen atoms in total. The number of rotatable bonds is 3. The molecule has 0 fully saturated rings. The lowest BCUT2D eigenvalue weighted by molar-refractivity contribution is -0.115. The minimum atomic E-state index is -0.257. The first kappa shape index (κ1) is 14.5. The molecule has 3 aromatic rings. The van der Waals surface area contributed by atoms with Crippen LogP contribution < -0.4 is 10.9 Å². The van der Waals surface area contributed by atoms with Crippen LogP contribution >= 0.6 is 15.9 Å². The van der Waals surface area contributed by atoms with Crippen molar-refractivity contribution < 1.29 is 4.79 Å². The van der Waals surface area contributed by atoms with Gasteiger partial charge in [-0.05, 0) is 30.3 Å². The molecule has 0 bridgehead atoms. The number of amides is 1. The largest absolute Gasteiger partial charge is 0.326 e. The third kappa shape index (κ3) is 3.07. The molecule has 2 N–H and O–H groups in total. The van der Waals surface area contributed by atoms with Gasteiger partial charge >= 0.3 is 0 Å². The molecule has 0 atom stereocenters. The van der Waals surface area contributed by atoms with Crippen molar-refractivity contribution in [2.24, 2.45) is 0 Å². The molecule has 0 saturated heterocycles. The maximum atomic E-state index is 12.1. The number of aromatic amines is 1. The zero-order valence-electron chi connectivity index (χ0n) is 11.5. The SMILES string of the molecule is O=C(Cc1n[nH]c(=O)c2ccccc12)Nc1ccc(Br)cc1. The number of anilines is 1. The van der Waals surface area contributed by atoms with E-state index in [4.69, 9.17) is 0 Å². The molecule has 2 aromatic carbocycles. The topological polar surface area (TPSA) is 74.8 Å². The predicted octanol–water partition coefficient (Wildman–Crippen LogP) is 2.87. The van der Waals surface area contributed by atoms with E-state index in [-0.39, 0.29) is 17.9 Å². The third-order valence-electron chi connectivity index (χ3n) is 3.23. The molecule has 0 unspecified atom stereocenters. The molecule has 3 rings (SSSR count). The Morgan fingerprint density at radius 3 is 2.50 bits per heavy atom. The van der Waals surface area contributed by atoms with Crippen LogP contribution in [0.4, 0.5) is 5.69 Å². The number of carbonyl (C=O) groups excluding carboxylic acids is 1. The van der Waals surface area contributed by atoms with Crippen molar-refractivity contribution in [1.82, 2.24) is 10.2 Å². The number of hydrogen-bond donors (Lipinski definition) is 2. The highest BCUT2D eigenvalue weighted by molar-refractivity contribution is 9.10. The Balaban J connectivity index is 1.84. The predicted molar refractivity (Wildman–Crippen MR) is 88.8 cm³/mol. The van der Waals surface area contributed by atoms with Crippen LogP contribution in [0.15, 0.2) is 57.8 Å². The van der Waals surface area contributed by atoms with Crippen LogP contribution in [0, 0.1) is 0 Å². The molecule has 6 heteroatoms. The summed E-state index contributed by atoms with van der Waals surface area (Å²) in [6, 6.07) is 14.4. The molecule has 1 heterocycles. The van der Waals surface area contributed by atoms with Gasteiger partial charge in [-0.15, -0.1) is 0 Å². The fraction of sp³-hybridized carbons (Fsp3) is 0.0625. The molecular formula is C16H12BrN3O2. The number of nitrogens with one attached hydrogen (secondary N) is 2. The molecular weight excluding hydrogens is 346 g/mol.